The molecule has 2 saturated heterocycles. The fourth-order valence-electron chi connectivity index (χ4n) is 4.86. The lowest BCUT2D eigenvalue weighted by molar-refractivity contribution is -0.349. The first kappa shape index (κ1) is 30.0. The van der Waals surface area contributed by atoms with E-state index in [4.69, 9.17) is 23.4 Å². The number of hydrogen-bond acceptors (Lipinski definition) is 15. The molecule has 0 unspecified atom stereocenters. The highest BCUT2D eigenvalue weighted by Gasteiger charge is 2.50. The van der Waals surface area contributed by atoms with Crippen molar-refractivity contribution in [3.05, 3.63) is 46.6 Å². The summed E-state index contributed by atoms with van der Waals surface area (Å²) in [6.07, 6.45) is -15.3. The Bertz CT molecular complexity index is 1490. The molecule has 10 atom stereocenters. The van der Waals surface area contributed by atoms with Gasteiger partial charge in [-0.05, 0) is 25.1 Å². The molecule has 0 bridgehead atoms. The summed E-state index contributed by atoms with van der Waals surface area (Å²) in [5.74, 6) is -1.56. The van der Waals surface area contributed by atoms with E-state index >= 15 is 0 Å². The Kier molecular flexibility index (Phi) is 8.30. The van der Waals surface area contributed by atoms with Crippen LogP contribution in [0.4, 0.5) is 0 Å². The number of aliphatic hydroxyl groups is 6. The van der Waals surface area contributed by atoms with E-state index in [-0.39, 0.29) is 33.8 Å². The van der Waals surface area contributed by atoms with Gasteiger partial charge in [0.15, 0.2) is 23.2 Å². The summed E-state index contributed by atoms with van der Waals surface area (Å²) in [5, 5.41) is 91.4. The lowest BCUT2D eigenvalue weighted by Gasteiger charge is -2.45. The van der Waals surface area contributed by atoms with Crippen molar-refractivity contribution in [3.63, 3.8) is 0 Å². The highest BCUT2D eigenvalue weighted by molar-refractivity contribution is 5.86. The molecule has 0 aliphatic carbocycles. The molecule has 3 aromatic rings. The maximum atomic E-state index is 12.7. The standard InChI is InChI=1S/C27H30O15/c1-9-20(33)21(34)23(36)26(38-9)42-25-18(8-28)41-27(24(37)22(25)35)39-11-5-14(31)19-15(32)7-16(40-17(19)6-11)10-2-3-12(29)13(30)4-10/h2-7,9,18,20-31,33-37H,8H2,1H3/t9-,18-,20-,21-,22-,23-,24-,25+,26+,27-/m0/s1. The highest BCUT2D eigenvalue weighted by Crippen LogP contribution is 2.36. The topological polar surface area (TPSA) is 249 Å². The Labute approximate surface area is 236 Å². The maximum Gasteiger partial charge on any atom is 0.229 e. The number of ether oxygens (including phenoxy) is 4. The van der Waals surface area contributed by atoms with Crippen molar-refractivity contribution in [3.8, 4) is 34.3 Å². The lowest BCUT2D eigenvalue weighted by atomic mass is 9.97. The Morgan fingerprint density at radius 1 is 0.786 bits per heavy atom. The molecule has 0 saturated carbocycles. The predicted molar refractivity (Wildman–Crippen MR) is 139 cm³/mol. The summed E-state index contributed by atoms with van der Waals surface area (Å²) < 4.78 is 27.9. The van der Waals surface area contributed by atoms with Crippen LogP contribution in [0.3, 0.4) is 0 Å². The van der Waals surface area contributed by atoms with Gasteiger partial charge >= 0.3 is 0 Å². The minimum absolute atomic E-state index is 0.0110. The quantitative estimate of drug-likeness (QED) is 0.149. The Morgan fingerprint density at radius 2 is 1.50 bits per heavy atom. The minimum atomic E-state index is -1.82. The second-order valence-corrected chi connectivity index (χ2v) is 10.1. The summed E-state index contributed by atoms with van der Waals surface area (Å²) >= 11 is 0. The zero-order valence-electron chi connectivity index (χ0n) is 21.9. The van der Waals surface area contributed by atoms with E-state index in [2.05, 4.69) is 0 Å². The van der Waals surface area contributed by atoms with Crippen LogP contribution in [0.1, 0.15) is 6.92 Å². The van der Waals surface area contributed by atoms with Crippen molar-refractivity contribution in [2.24, 2.45) is 0 Å². The van der Waals surface area contributed by atoms with Gasteiger partial charge in [0, 0.05) is 23.8 Å². The molecule has 2 aliphatic heterocycles. The van der Waals surface area contributed by atoms with Gasteiger partial charge < -0.3 is 69.3 Å². The van der Waals surface area contributed by atoms with Crippen LogP contribution in [0.15, 0.2) is 45.6 Å². The molecule has 15 heteroatoms. The number of aromatic hydroxyl groups is 3. The molecule has 2 fully saturated rings. The van der Waals surface area contributed by atoms with Crippen LogP contribution in [0, 0.1) is 0 Å². The van der Waals surface area contributed by atoms with Crippen LogP contribution in [0.5, 0.6) is 23.0 Å². The average Bonchev–Trinajstić information content (AvgIpc) is 2.95. The molecular weight excluding hydrogens is 564 g/mol. The monoisotopic (exact) mass is 594 g/mol. The number of hydrogen-bond donors (Lipinski definition) is 9. The van der Waals surface area contributed by atoms with Crippen molar-refractivity contribution >= 4 is 11.0 Å². The van der Waals surface area contributed by atoms with Gasteiger partial charge in [0.2, 0.25) is 6.29 Å². The second-order valence-electron chi connectivity index (χ2n) is 10.1. The van der Waals surface area contributed by atoms with Gasteiger partial charge in [-0.15, -0.1) is 0 Å². The van der Waals surface area contributed by atoms with E-state index in [0.717, 1.165) is 12.1 Å². The Hall–Kier alpha value is -3.51. The van der Waals surface area contributed by atoms with E-state index in [9.17, 15) is 50.8 Å². The van der Waals surface area contributed by atoms with Gasteiger partial charge in [-0.25, -0.2) is 0 Å². The fourth-order valence-corrected chi connectivity index (χ4v) is 4.86. The first-order chi connectivity index (χ1) is 19.9. The van der Waals surface area contributed by atoms with Gasteiger partial charge in [0.25, 0.3) is 0 Å². The van der Waals surface area contributed by atoms with Crippen molar-refractivity contribution < 1.29 is 69.3 Å². The van der Waals surface area contributed by atoms with Crippen LogP contribution < -0.4 is 10.2 Å². The number of rotatable bonds is 6. The number of aliphatic hydroxyl groups excluding tert-OH is 6. The zero-order valence-corrected chi connectivity index (χ0v) is 21.9. The molecular formula is C27H30O15. The molecule has 2 aliphatic rings. The molecule has 15 nitrogen and oxygen atoms in total. The van der Waals surface area contributed by atoms with Crippen LogP contribution in [0.2, 0.25) is 0 Å². The van der Waals surface area contributed by atoms with Gasteiger partial charge in [-0.1, -0.05) is 0 Å². The number of phenols is 3. The van der Waals surface area contributed by atoms with Crippen molar-refractivity contribution in [2.75, 3.05) is 6.61 Å². The van der Waals surface area contributed by atoms with Gasteiger partial charge in [0.1, 0.15) is 71.0 Å². The van der Waals surface area contributed by atoms with E-state index in [1.165, 1.54) is 31.2 Å². The predicted octanol–water partition coefficient (Wildman–Crippen LogP) is -1.39. The van der Waals surface area contributed by atoms with Crippen LogP contribution in [-0.4, -0.2) is 114 Å². The molecule has 5 rings (SSSR count). The normalized spacial score (nSPS) is 33.5. The third-order valence-corrected chi connectivity index (χ3v) is 7.22. The summed E-state index contributed by atoms with van der Waals surface area (Å²) in [4.78, 5) is 12.7. The van der Waals surface area contributed by atoms with Gasteiger partial charge in [-0.2, -0.15) is 0 Å². The molecule has 3 heterocycles. The van der Waals surface area contributed by atoms with Crippen LogP contribution in [0.25, 0.3) is 22.3 Å². The Morgan fingerprint density at radius 3 is 2.19 bits per heavy atom. The minimum Gasteiger partial charge on any atom is -0.507 e. The average molecular weight is 595 g/mol. The largest absolute Gasteiger partial charge is 0.507 e. The second kappa shape index (κ2) is 11.6. The molecule has 2 aromatic carbocycles. The van der Waals surface area contributed by atoms with Gasteiger partial charge in [0.05, 0.1) is 12.7 Å². The molecule has 42 heavy (non-hydrogen) atoms. The third kappa shape index (κ3) is 5.49. The lowest BCUT2D eigenvalue weighted by Crippen LogP contribution is -2.64. The third-order valence-electron chi connectivity index (χ3n) is 7.22. The molecule has 0 spiro atoms. The number of phenolic OH excluding ortho intramolecular Hbond substituents is 3. The number of fused-ring (bicyclic) bond motifs is 1. The van der Waals surface area contributed by atoms with Crippen molar-refractivity contribution in [1.29, 1.82) is 0 Å². The molecule has 228 valence electrons. The fraction of sp³-hybridized carbons (Fsp3) is 0.444. The Balaban J connectivity index is 1.38. The molecule has 1 aromatic heterocycles. The van der Waals surface area contributed by atoms with E-state index in [1.54, 1.807) is 0 Å². The van der Waals surface area contributed by atoms with Crippen molar-refractivity contribution in [2.45, 2.75) is 68.3 Å². The summed E-state index contributed by atoms with van der Waals surface area (Å²) in [6, 6.07) is 7.09. The molecule has 0 amide bonds. The van der Waals surface area contributed by atoms with Crippen LogP contribution in [-0.2, 0) is 14.2 Å². The highest BCUT2D eigenvalue weighted by atomic mass is 16.7. The molecule has 9 N–H and O–H groups in total. The molecule has 0 radical (unpaired) electrons. The van der Waals surface area contributed by atoms with E-state index in [0.29, 0.717) is 0 Å². The smallest absolute Gasteiger partial charge is 0.229 e. The first-order valence-electron chi connectivity index (χ1n) is 12.9. The summed E-state index contributed by atoms with van der Waals surface area (Å²) in [5.41, 5.74) is -0.541. The van der Waals surface area contributed by atoms with E-state index in [1.807, 2.05) is 0 Å². The number of benzene rings is 2. The SMILES string of the molecule is C[C@@H]1O[C@H](O[C@H]2[C@@H](O)[C@H](O)[C@@H](Oc3cc(O)c4c(=O)cc(-c5ccc(O)c(O)c5)oc4c3)O[C@H]2CO)[C@@H](O)[C@@H](O)[C@H]1O. The van der Waals surface area contributed by atoms with E-state index < -0.39 is 84.9 Å². The first-order valence-corrected chi connectivity index (χ1v) is 12.9. The maximum absolute atomic E-state index is 12.7. The van der Waals surface area contributed by atoms with Gasteiger partial charge in [-0.3, -0.25) is 4.79 Å². The summed E-state index contributed by atoms with van der Waals surface area (Å²) in [7, 11) is 0. The zero-order chi connectivity index (χ0) is 30.5. The summed E-state index contributed by atoms with van der Waals surface area (Å²) in [6.45, 7) is 0.670. The van der Waals surface area contributed by atoms with Crippen molar-refractivity contribution in [1.82, 2.24) is 0 Å². The van der Waals surface area contributed by atoms with Crippen LogP contribution >= 0.6 is 0 Å².